The molecule has 146 valence electrons. The molecule has 0 aliphatic rings. The average Bonchev–Trinajstić information content (AvgIpc) is 3.10. The van der Waals surface area contributed by atoms with Gasteiger partial charge in [0.2, 0.25) is 0 Å². The number of amides is 1. The van der Waals surface area contributed by atoms with Crippen LogP contribution in [0.1, 0.15) is 16.1 Å². The first-order valence-corrected chi connectivity index (χ1v) is 9.36. The standard InChI is InChI=1S/C24H22N2O3/c1-26-21-12-7-13-23(28-2)20(21)15-22(26)24(27)25-18-9-6-8-17(14-18)16-29-19-10-4-3-5-11-19/h3-15H,16H2,1-2H3,(H,25,27). The number of hydrogen-bond acceptors (Lipinski definition) is 3. The van der Waals surface area contributed by atoms with Gasteiger partial charge < -0.3 is 19.4 Å². The molecule has 0 aliphatic carbocycles. The zero-order valence-electron chi connectivity index (χ0n) is 16.4. The Balaban J connectivity index is 1.51. The van der Waals surface area contributed by atoms with E-state index < -0.39 is 0 Å². The van der Waals surface area contributed by atoms with Gasteiger partial charge in [0.25, 0.3) is 5.91 Å². The lowest BCUT2D eigenvalue weighted by Crippen LogP contribution is -2.15. The lowest BCUT2D eigenvalue weighted by atomic mass is 10.2. The monoisotopic (exact) mass is 386 g/mol. The van der Waals surface area contributed by atoms with Gasteiger partial charge in [0, 0.05) is 18.1 Å². The third-order valence-electron chi connectivity index (χ3n) is 4.83. The van der Waals surface area contributed by atoms with Crippen LogP contribution in [0.4, 0.5) is 5.69 Å². The van der Waals surface area contributed by atoms with Crippen molar-refractivity contribution in [3.63, 3.8) is 0 Å². The number of aryl methyl sites for hydroxylation is 1. The Bertz CT molecular complexity index is 1150. The molecular weight excluding hydrogens is 364 g/mol. The minimum Gasteiger partial charge on any atom is -0.496 e. The molecule has 5 nitrogen and oxygen atoms in total. The van der Waals surface area contributed by atoms with Crippen LogP contribution in [-0.4, -0.2) is 17.6 Å². The van der Waals surface area contributed by atoms with Crippen molar-refractivity contribution in [2.24, 2.45) is 7.05 Å². The second kappa shape index (κ2) is 8.10. The van der Waals surface area contributed by atoms with Crippen LogP contribution in [0.5, 0.6) is 11.5 Å². The lowest BCUT2D eigenvalue weighted by Gasteiger charge is -2.10. The van der Waals surface area contributed by atoms with E-state index in [0.717, 1.165) is 33.7 Å². The number of para-hydroxylation sites is 1. The van der Waals surface area contributed by atoms with E-state index in [9.17, 15) is 4.79 Å². The minimum absolute atomic E-state index is 0.174. The highest BCUT2D eigenvalue weighted by molar-refractivity contribution is 6.07. The van der Waals surface area contributed by atoms with Gasteiger partial charge in [-0.25, -0.2) is 0 Å². The SMILES string of the molecule is COc1cccc2c1cc(C(=O)Nc1cccc(COc3ccccc3)c1)n2C. The van der Waals surface area contributed by atoms with Crippen molar-refractivity contribution in [2.75, 3.05) is 12.4 Å². The van der Waals surface area contributed by atoms with E-state index in [1.165, 1.54) is 0 Å². The first kappa shape index (κ1) is 18.6. The molecule has 0 saturated heterocycles. The molecule has 0 fully saturated rings. The van der Waals surface area contributed by atoms with Crippen molar-refractivity contribution in [2.45, 2.75) is 6.61 Å². The van der Waals surface area contributed by atoms with Gasteiger partial charge in [-0.2, -0.15) is 0 Å². The fourth-order valence-electron chi connectivity index (χ4n) is 3.35. The van der Waals surface area contributed by atoms with Crippen LogP contribution >= 0.6 is 0 Å². The third-order valence-corrected chi connectivity index (χ3v) is 4.83. The van der Waals surface area contributed by atoms with E-state index in [2.05, 4.69) is 5.32 Å². The van der Waals surface area contributed by atoms with Crippen LogP contribution in [0.3, 0.4) is 0 Å². The number of anilines is 1. The number of benzene rings is 3. The van der Waals surface area contributed by atoms with Crippen molar-refractivity contribution in [3.05, 3.63) is 90.1 Å². The van der Waals surface area contributed by atoms with Crippen molar-refractivity contribution in [3.8, 4) is 11.5 Å². The normalized spacial score (nSPS) is 10.7. The van der Waals surface area contributed by atoms with Crippen LogP contribution in [0.2, 0.25) is 0 Å². The van der Waals surface area contributed by atoms with Gasteiger partial charge in [0.05, 0.1) is 12.6 Å². The second-order valence-electron chi connectivity index (χ2n) is 6.74. The van der Waals surface area contributed by atoms with Crippen molar-refractivity contribution < 1.29 is 14.3 Å². The van der Waals surface area contributed by atoms with Gasteiger partial charge in [-0.3, -0.25) is 4.79 Å². The highest BCUT2D eigenvalue weighted by Crippen LogP contribution is 2.28. The maximum absolute atomic E-state index is 12.9. The van der Waals surface area contributed by atoms with Gasteiger partial charge in [0.15, 0.2) is 0 Å². The van der Waals surface area contributed by atoms with Crippen LogP contribution in [0.25, 0.3) is 10.9 Å². The molecule has 1 heterocycles. The first-order chi connectivity index (χ1) is 14.2. The summed E-state index contributed by atoms with van der Waals surface area (Å²) in [4.78, 5) is 12.9. The Morgan fingerprint density at radius 1 is 0.966 bits per heavy atom. The zero-order valence-corrected chi connectivity index (χ0v) is 16.4. The predicted molar refractivity (Wildman–Crippen MR) is 115 cm³/mol. The zero-order chi connectivity index (χ0) is 20.2. The van der Waals surface area contributed by atoms with Crippen LogP contribution in [-0.2, 0) is 13.7 Å². The average molecular weight is 386 g/mol. The molecule has 3 aromatic carbocycles. The Morgan fingerprint density at radius 3 is 2.55 bits per heavy atom. The van der Waals surface area contributed by atoms with Crippen molar-refractivity contribution in [1.82, 2.24) is 4.57 Å². The highest BCUT2D eigenvalue weighted by atomic mass is 16.5. The smallest absolute Gasteiger partial charge is 0.272 e. The summed E-state index contributed by atoms with van der Waals surface area (Å²) < 4.78 is 13.1. The Labute approximate surface area is 169 Å². The van der Waals surface area contributed by atoms with E-state index >= 15 is 0 Å². The topological polar surface area (TPSA) is 52.5 Å². The van der Waals surface area contributed by atoms with Gasteiger partial charge in [-0.15, -0.1) is 0 Å². The highest BCUT2D eigenvalue weighted by Gasteiger charge is 2.16. The number of methoxy groups -OCH3 is 1. The molecule has 0 radical (unpaired) electrons. The van der Waals surface area contributed by atoms with Gasteiger partial charge in [0.1, 0.15) is 23.8 Å². The summed E-state index contributed by atoms with van der Waals surface area (Å²) in [6, 6.07) is 24.9. The minimum atomic E-state index is -0.174. The molecule has 0 saturated carbocycles. The van der Waals surface area contributed by atoms with Gasteiger partial charge in [-0.05, 0) is 48.0 Å². The molecule has 29 heavy (non-hydrogen) atoms. The van der Waals surface area contributed by atoms with E-state index in [-0.39, 0.29) is 5.91 Å². The summed E-state index contributed by atoms with van der Waals surface area (Å²) in [5.74, 6) is 1.38. The lowest BCUT2D eigenvalue weighted by molar-refractivity contribution is 0.101. The van der Waals surface area contributed by atoms with E-state index in [1.54, 1.807) is 7.11 Å². The molecule has 0 bridgehead atoms. The quantitative estimate of drug-likeness (QED) is 0.506. The van der Waals surface area contributed by atoms with Crippen molar-refractivity contribution >= 4 is 22.5 Å². The first-order valence-electron chi connectivity index (χ1n) is 9.36. The van der Waals surface area contributed by atoms with E-state index in [4.69, 9.17) is 9.47 Å². The number of carbonyl (C=O) groups is 1. The summed E-state index contributed by atoms with van der Waals surface area (Å²) >= 11 is 0. The van der Waals surface area contributed by atoms with E-state index in [0.29, 0.717) is 12.3 Å². The molecule has 1 amide bonds. The number of fused-ring (bicyclic) bond motifs is 1. The maximum Gasteiger partial charge on any atom is 0.272 e. The number of ether oxygens (including phenoxy) is 2. The largest absolute Gasteiger partial charge is 0.496 e. The molecule has 0 aliphatic heterocycles. The molecule has 1 aromatic heterocycles. The molecular formula is C24H22N2O3. The Kier molecular flexibility index (Phi) is 5.20. The van der Waals surface area contributed by atoms with Gasteiger partial charge >= 0.3 is 0 Å². The number of aromatic nitrogens is 1. The molecule has 5 heteroatoms. The fraction of sp³-hybridized carbons (Fsp3) is 0.125. The molecule has 1 N–H and O–H groups in total. The number of rotatable bonds is 6. The molecule has 0 spiro atoms. The predicted octanol–water partition coefficient (Wildman–Crippen LogP) is 5.02. The summed E-state index contributed by atoms with van der Waals surface area (Å²) in [7, 11) is 3.51. The summed E-state index contributed by atoms with van der Waals surface area (Å²) in [5.41, 5.74) is 3.21. The van der Waals surface area contributed by atoms with Crippen LogP contribution in [0, 0.1) is 0 Å². The second-order valence-corrected chi connectivity index (χ2v) is 6.74. The summed E-state index contributed by atoms with van der Waals surface area (Å²) in [6.07, 6.45) is 0. The molecule has 4 aromatic rings. The van der Waals surface area contributed by atoms with Crippen LogP contribution < -0.4 is 14.8 Å². The molecule has 0 unspecified atom stereocenters. The summed E-state index contributed by atoms with van der Waals surface area (Å²) in [5, 5.41) is 3.89. The fourth-order valence-corrected chi connectivity index (χ4v) is 3.35. The van der Waals surface area contributed by atoms with Crippen molar-refractivity contribution in [1.29, 1.82) is 0 Å². The third kappa shape index (κ3) is 3.94. The number of carbonyl (C=O) groups excluding carboxylic acids is 1. The maximum atomic E-state index is 12.9. The Hall–Kier alpha value is -3.73. The van der Waals surface area contributed by atoms with Crippen LogP contribution in [0.15, 0.2) is 78.9 Å². The van der Waals surface area contributed by atoms with E-state index in [1.807, 2.05) is 90.5 Å². The Morgan fingerprint density at radius 2 is 1.76 bits per heavy atom. The number of nitrogens with one attached hydrogen (secondary N) is 1. The molecule has 4 rings (SSSR count). The number of hydrogen-bond donors (Lipinski definition) is 1. The summed E-state index contributed by atoms with van der Waals surface area (Å²) in [6.45, 7) is 0.430. The molecule has 0 atom stereocenters. The number of nitrogens with zero attached hydrogens (tertiary/aromatic N) is 1. The van der Waals surface area contributed by atoms with Gasteiger partial charge in [-0.1, -0.05) is 36.4 Å².